The fraction of sp³-hybridized carbons (Fsp3) is 0.500. The summed E-state index contributed by atoms with van der Waals surface area (Å²) in [5.74, 6) is 3.61. The van der Waals surface area contributed by atoms with Gasteiger partial charge in [0.15, 0.2) is 11.5 Å². The third kappa shape index (κ3) is 6.00. The van der Waals surface area contributed by atoms with Gasteiger partial charge in [-0.05, 0) is 43.5 Å². The number of anilines is 2. The molecule has 0 radical (unpaired) electrons. The average molecular weight is 542 g/mol. The van der Waals surface area contributed by atoms with Gasteiger partial charge < -0.3 is 29.2 Å². The van der Waals surface area contributed by atoms with Crippen molar-refractivity contribution in [3.05, 3.63) is 40.9 Å². The Hall–Kier alpha value is -3.01. The number of hydrogen-bond donors (Lipinski definition) is 1. The lowest BCUT2D eigenvalue weighted by Gasteiger charge is -2.33. The molecule has 1 aromatic heterocycles. The maximum atomic E-state index is 6.26. The molecule has 10 heteroatoms. The van der Waals surface area contributed by atoms with Gasteiger partial charge in [0.2, 0.25) is 5.95 Å². The summed E-state index contributed by atoms with van der Waals surface area (Å²) in [5.41, 5.74) is 2.04. The number of hydrogen-bond acceptors (Lipinski definition) is 9. The van der Waals surface area contributed by atoms with E-state index in [-0.39, 0.29) is 0 Å². The Labute approximate surface area is 229 Å². The minimum Gasteiger partial charge on any atom is -0.493 e. The van der Waals surface area contributed by atoms with E-state index >= 15 is 0 Å². The summed E-state index contributed by atoms with van der Waals surface area (Å²) < 4.78 is 22.3. The first kappa shape index (κ1) is 26.6. The second-order valence-electron chi connectivity index (χ2n) is 9.59. The predicted molar refractivity (Wildman–Crippen MR) is 150 cm³/mol. The van der Waals surface area contributed by atoms with Gasteiger partial charge in [-0.25, -0.2) is 4.98 Å². The Kier molecular flexibility index (Phi) is 8.56. The van der Waals surface area contributed by atoms with Crippen molar-refractivity contribution in [3.63, 3.8) is 0 Å². The van der Waals surface area contributed by atoms with Gasteiger partial charge in [0, 0.05) is 50.2 Å². The lowest BCUT2D eigenvalue weighted by atomic mass is 10.0. The molecular formula is C28H36ClN5O4. The van der Waals surface area contributed by atoms with Crippen LogP contribution in [0.2, 0.25) is 5.02 Å². The van der Waals surface area contributed by atoms with Crippen molar-refractivity contribution in [3.8, 4) is 17.2 Å². The van der Waals surface area contributed by atoms with Crippen LogP contribution in [-0.4, -0.2) is 81.1 Å². The Bertz CT molecular complexity index is 1250. The van der Waals surface area contributed by atoms with Crippen LogP contribution in [0.1, 0.15) is 25.3 Å². The number of rotatable bonds is 9. The number of benzene rings is 2. The SMILES string of the molecule is CCOc1cc(CN2CCC(Nc3nc(N4CCOCC4)c4cc(OC)c(OC)cc4n3)CC2)ccc1Cl. The number of morpholine rings is 1. The molecule has 1 N–H and O–H groups in total. The van der Waals surface area contributed by atoms with Crippen LogP contribution in [0.5, 0.6) is 17.2 Å². The molecule has 0 atom stereocenters. The summed E-state index contributed by atoms with van der Waals surface area (Å²) in [5, 5.41) is 5.22. The van der Waals surface area contributed by atoms with Crippen molar-refractivity contribution in [2.45, 2.75) is 32.4 Å². The molecule has 9 nitrogen and oxygen atoms in total. The minimum atomic E-state index is 0.297. The van der Waals surface area contributed by atoms with Crippen LogP contribution in [0.25, 0.3) is 10.9 Å². The van der Waals surface area contributed by atoms with Gasteiger partial charge in [0.1, 0.15) is 11.6 Å². The van der Waals surface area contributed by atoms with Gasteiger partial charge >= 0.3 is 0 Å². The number of aromatic nitrogens is 2. The number of methoxy groups -OCH3 is 2. The van der Waals surface area contributed by atoms with Gasteiger partial charge in [0.25, 0.3) is 0 Å². The number of fused-ring (bicyclic) bond motifs is 1. The number of likely N-dealkylation sites (tertiary alicyclic amines) is 1. The molecule has 0 bridgehead atoms. The van der Waals surface area contributed by atoms with Gasteiger partial charge in [-0.1, -0.05) is 17.7 Å². The molecule has 0 aliphatic carbocycles. The highest BCUT2D eigenvalue weighted by Crippen LogP contribution is 2.36. The summed E-state index contributed by atoms with van der Waals surface area (Å²) in [6, 6.07) is 10.2. The monoisotopic (exact) mass is 541 g/mol. The summed E-state index contributed by atoms with van der Waals surface area (Å²) >= 11 is 6.26. The van der Waals surface area contributed by atoms with Crippen molar-refractivity contribution in [2.75, 3.05) is 70.4 Å². The van der Waals surface area contributed by atoms with Crippen LogP contribution in [0.4, 0.5) is 11.8 Å². The largest absolute Gasteiger partial charge is 0.493 e. The molecule has 3 aromatic rings. The highest BCUT2D eigenvalue weighted by Gasteiger charge is 2.23. The molecule has 204 valence electrons. The molecule has 2 saturated heterocycles. The summed E-state index contributed by atoms with van der Waals surface area (Å²) in [6.07, 6.45) is 2.01. The first-order valence-corrected chi connectivity index (χ1v) is 13.6. The number of nitrogens with zero attached hydrogens (tertiary/aromatic N) is 4. The van der Waals surface area contributed by atoms with E-state index in [1.165, 1.54) is 5.56 Å². The second kappa shape index (κ2) is 12.2. The molecule has 2 fully saturated rings. The molecule has 2 aliphatic rings. The molecule has 2 aliphatic heterocycles. The Morgan fingerprint density at radius 3 is 2.42 bits per heavy atom. The maximum Gasteiger partial charge on any atom is 0.225 e. The van der Waals surface area contributed by atoms with E-state index < -0.39 is 0 Å². The summed E-state index contributed by atoms with van der Waals surface area (Å²) in [7, 11) is 3.29. The molecule has 5 rings (SSSR count). The number of halogens is 1. The van der Waals surface area contributed by atoms with E-state index in [4.69, 9.17) is 40.5 Å². The van der Waals surface area contributed by atoms with Crippen LogP contribution in [0, 0.1) is 0 Å². The molecule has 38 heavy (non-hydrogen) atoms. The third-order valence-corrected chi connectivity index (χ3v) is 7.43. The highest BCUT2D eigenvalue weighted by molar-refractivity contribution is 6.32. The number of ether oxygens (including phenoxy) is 4. The van der Waals surface area contributed by atoms with E-state index in [1.807, 2.05) is 25.1 Å². The number of nitrogens with one attached hydrogen (secondary N) is 1. The maximum absolute atomic E-state index is 6.26. The Morgan fingerprint density at radius 1 is 0.974 bits per heavy atom. The van der Waals surface area contributed by atoms with Gasteiger partial charge in [-0.3, -0.25) is 4.90 Å². The Morgan fingerprint density at radius 2 is 1.71 bits per heavy atom. The molecule has 2 aromatic carbocycles. The van der Waals surface area contributed by atoms with Crippen molar-refractivity contribution >= 4 is 34.3 Å². The smallest absolute Gasteiger partial charge is 0.225 e. The molecule has 0 saturated carbocycles. The highest BCUT2D eigenvalue weighted by atomic mass is 35.5. The number of piperidine rings is 1. The molecule has 0 spiro atoms. The lowest BCUT2D eigenvalue weighted by molar-refractivity contribution is 0.122. The van der Waals surface area contributed by atoms with Crippen LogP contribution in [0.3, 0.4) is 0 Å². The van der Waals surface area contributed by atoms with Crippen LogP contribution >= 0.6 is 11.6 Å². The van der Waals surface area contributed by atoms with Gasteiger partial charge in [-0.15, -0.1) is 0 Å². The molecular weight excluding hydrogens is 506 g/mol. The predicted octanol–water partition coefficient (Wildman–Crippen LogP) is 4.61. The van der Waals surface area contributed by atoms with E-state index in [0.29, 0.717) is 48.3 Å². The van der Waals surface area contributed by atoms with Gasteiger partial charge in [-0.2, -0.15) is 4.98 Å². The topological polar surface area (TPSA) is 81.2 Å². The zero-order valence-electron chi connectivity index (χ0n) is 22.3. The van der Waals surface area contributed by atoms with Crippen LogP contribution in [-0.2, 0) is 11.3 Å². The zero-order chi connectivity index (χ0) is 26.5. The van der Waals surface area contributed by atoms with Crippen molar-refractivity contribution in [2.24, 2.45) is 0 Å². The average Bonchev–Trinajstić information content (AvgIpc) is 2.95. The van der Waals surface area contributed by atoms with Crippen molar-refractivity contribution < 1.29 is 18.9 Å². The van der Waals surface area contributed by atoms with E-state index in [0.717, 1.165) is 68.0 Å². The third-order valence-electron chi connectivity index (χ3n) is 7.11. The van der Waals surface area contributed by atoms with Crippen molar-refractivity contribution in [1.29, 1.82) is 0 Å². The Balaban J connectivity index is 1.30. The molecule has 0 amide bonds. The quantitative estimate of drug-likeness (QED) is 0.417. The first-order valence-electron chi connectivity index (χ1n) is 13.2. The fourth-order valence-electron chi connectivity index (χ4n) is 5.11. The molecule has 3 heterocycles. The minimum absolute atomic E-state index is 0.297. The fourth-order valence-corrected chi connectivity index (χ4v) is 5.28. The van der Waals surface area contributed by atoms with Crippen molar-refractivity contribution in [1.82, 2.24) is 14.9 Å². The zero-order valence-corrected chi connectivity index (χ0v) is 23.1. The normalized spacial score (nSPS) is 17.0. The molecule has 0 unspecified atom stereocenters. The van der Waals surface area contributed by atoms with Crippen LogP contribution < -0.4 is 24.4 Å². The standard InChI is InChI=1S/C28H36ClN5O4/c1-4-38-24-15-19(5-6-22(24)29)18-33-9-7-20(8-10-33)30-28-31-23-17-26(36-3)25(35-2)16-21(23)27(32-28)34-11-13-37-14-12-34/h5-6,15-17,20H,4,7-14,18H2,1-3H3,(H,30,31,32). The first-order chi connectivity index (χ1) is 18.6. The van der Waals surface area contributed by atoms with Gasteiger partial charge in [0.05, 0.1) is 44.6 Å². The summed E-state index contributed by atoms with van der Waals surface area (Å²) in [6.45, 7) is 8.35. The van der Waals surface area contributed by atoms with Crippen LogP contribution in [0.15, 0.2) is 30.3 Å². The van der Waals surface area contributed by atoms with E-state index in [2.05, 4.69) is 27.2 Å². The van der Waals surface area contributed by atoms with E-state index in [9.17, 15) is 0 Å². The second-order valence-corrected chi connectivity index (χ2v) is 9.99. The summed E-state index contributed by atoms with van der Waals surface area (Å²) in [4.78, 5) is 14.6. The van der Waals surface area contributed by atoms with E-state index in [1.54, 1.807) is 14.2 Å². The lowest BCUT2D eigenvalue weighted by Crippen LogP contribution is -2.39.